The normalized spacial score (nSPS) is 40.7. The van der Waals surface area contributed by atoms with Gasteiger partial charge in [-0.1, -0.05) is 135 Å². The molecule has 0 aromatic heterocycles. The van der Waals surface area contributed by atoms with Crippen LogP contribution in [0.1, 0.15) is 157 Å². The molecule has 1 amide bonds. The molecule has 0 radical (unpaired) electrons. The van der Waals surface area contributed by atoms with Crippen molar-refractivity contribution in [3.05, 3.63) is 83.9 Å². The van der Waals surface area contributed by atoms with Gasteiger partial charge in [-0.3, -0.25) is 19.2 Å². The van der Waals surface area contributed by atoms with Crippen molar-refractivity contribution in [1.29, 1.82) is 0 Å². The summed E-state index contributed by atoms with van der Waals surface area (Å²) in [6.45, 7) is 28.1. The Kier molecular flexibility index (Phi) is 12.1. The molecule has 7 fully saturated rings. The second-order valence-corrected chi connectivity index (χ2v) is 25.6. The molecule has 0 heterocycles. The molecule has 1 N–H and O–H groups in total. The van der Waals surface area contributed by atoms with Crippen molar-refractivity contribution in [2.24, 2.45) is 85.2 Å². The SMILES string of the molecule is C=C(C)[C@@H]1CC[C@]2(C(=O)NC3CC(C(=O)OCc4ccccc4)C3(C)C)CC[C@]3(C)[C@H](CC[C@@H]4[C@@]5(C)CC[C@H](OC(=O)[C@H]6C[C@@H](C(=O)OCc7ccccc7)C6(C)C)C(C)(C)[C@@H]5CC[C@]43C)[C@@H]12. The zero-order valence-electron chi connectivity index (χ0n) is 42.5. The van der Waals surface area contributed by atoms with E-state index in [1.54, 1.807) is 0 Å². The number of amides is 1. The maximum Gasteiger partial charge on any atom is 0.309 e. The lowest BCUT2D eigenvalue weighted by atomic mass is 9.32. The van der Waals surface area contributed by atoms with Crippen molar-refractivity contribution in [2.75, 3.05) is 0 Å². The summed E-state index contributed by atoms with van der Waals surface area (Å²) >= 11 is 0. The van der Waals surface area contributed by atoms with Gasteiger partial charge < -0.3 is 19.5 Å². The van der Waals surface area contributed by atoms with E-state index in [1.807, 2.05) is 74.5 Å². The predicted molar refractivity (Wildman–Crippen MR) is 261 cm³/mol. The molecule has 2 aromatic carbocycles. The summed E-state index contributed by atoms with van der Waals surface area (Å²) in [7, 11) is 0. The Morgan fingerprint density at radius 3 is 1.75 bits per heavy atom. The number of hydrogen-bond acceptors (Lipinski definition) is 7. The summed E-state index contributed by atoms with van der Waals surface area (Å²) in [5.74, 6) is 0.650. The van der Waals surface area contributed by atoms with E-state index in [9.17, 15) is 14.4 Å². The zero-order chi connectivity index (χ0) is 48.1. The van der Waals surface area contributed by atoms with Gasteiger partial charge in [-0.25, -0.2) is 0 Å². The monoisotopic (exact) mass is 916 g/mol. The highest BCUT2D eigenvalue weighted by Crippen LogP contribution is 2.78. The fourth-order valence-corrected chi connectivity index (χ4v) is 17.2. The van der Waals surface area contributed by atoms with E-state index in [0.717, 1.165) is 75.3 Å². The highest BCUT2D eigenvalue weighted by atomic mass is 16.5. The van der Waals surface area contributed by atoms with Gasteiger partial charge in [-0.15, -0.1) is 0 Å². The number of rotatable bonds is 11. The Labute approximate surface area is 401 Å². The lowest BCUT2D eigenvalue weighted by Crippen LogP contribution is -2.68. The molecule has 0 aliphatic heterocycles. The van der Waals surface area contributed by atoms with Gasteiger partial charge in [-0.2, -0.15) is 0 Å². The van der Waals surface area contributed by atoms with E-state index in [4.69, 9.17) is 14.2 Å². The molecule has 0 bridgehead atoms. The van der Waals surface area contributed by atoms with Gasteiger partial charge in [0, 0.05) is 11.5 Å². The Morgan fingerprint density at radius 1 is 0.597 bits per heavy atom. The Morgan fingerprint density at radius 2 is 1.18 bits per heavy atom. The first-order valence-corrected chi connectivity index (χ1v) is 26.1. The van der Waals surface area contributed by atoms with Crippen LogP contribution in [0.25, 0.3) is 0 Å². The van der Waals surface area contributed by atoms with Crippen LogP contribution in [0.5, 0.6) is 0 Å². The van der Waals surface area contributed by atoms with Crippen LogP contribution in [0.4, 0.5) is 0 Å². The van der Waals surface area contributed by atoms with E-state index in [1.165, 1.54) is 5.57 Å². The minimum absolute atomic E-state index is 0.0712. The van der Waals surface area contributed by atoms with Crippen molar-refractivity contribution in [3.63, 3.8) is 0 Å². The van der Waals surface area contributed by atoms with Crippen LogP contribution >= 0.6 is 0 Å². The Balaban J connectivity index is 0.867. The number of fused-ring (bicyclic) bond motifs is 7. The number of allylic oxidation sites excluding steroid dienone is 1. The van der Waals surface area contributed by atoms with Crippen molar-refractivity contribution in [2.45, 2.75) is 172 Å². The van der Waals surface area contributed by atoms with E-state index in [-0.39, 0.29) is 94.5 Å². The molecule has 9 rings (SSSR count). The third-order valence-electron chi connectivity index (χ3n) is 21.9. The van der Waals surface area contributed by atoms with Crippen LogP contribution in [-0.2, 0) is 46.6 Å². The summed E-state index contributed by atoms with van der Waals surface area (Å²) in [6.07, 6.45) is 11.1. The average Bonchev–Trinajstić information content (AvgIpc) is 3.69. The number of esters is 3. The van der Waals surface area contributed by atoms with Crippen molar-refractivity contribution in [1.82, 2.24) is 5.32 Å². The van der Waals surface area contributed by atoms with Gasteiger partial charge in [0.1, 0.15) is 19.3 Å². The van der Waals surface area contributed by atoms with Gasteiger partial charge in [0.2, 0.25) is 5.91 Å². The maximum atomic E-state index is 15.1. The lowest BCUT2D eigenvalue weighted by molar-refractivity contribution is -0.251. The number of hydrogen-bond donors (Lipinski definition) is 1. The topological polar surface area (TPSA) is 108 Å². The molecule has 8 nitrogen and oxygen atoms in total. The zero-order valence-corrected chi connectivity index (χ0v) is 42.5. The van der Waals surface area contributed by atoms with E-state index < -0.39 is 16.2 Å². The van der Waals surface area contributed by atoms with Crippen LogP contribution < -0.4 is 5.32 Å². The molecule has 8 heteroatoms. The van der Waals surface area contributed by atoms with Crippen molar-refractivity contribution in [3.8, 4) is 0 Å². The van der Waals surface area contributed by atoms with Gasteiger partial charge in [0.25, 0.3) is 0 Å². The molecule has 0 spiro atoms. The molecule has 2 aromatic rings. The lowest BCUT2D eigenvalue weighted by Gasteiger charge is -2.73. The Bertz CT molecular complexity index is 2250. The Hall–Kier alpha value is -3.94. The molecular weight excluding hydrogens is 835 g/mol. The van der Waals surface area contributed by atoms with E-state index in [2.05, 4.69) is 67.3 Å². The van der Waals surface area contributed by atoms with Gasteiger partial charge in [-0.05, 0) is 152 Å². The molecule has 2 unspecified atom stereocenters. The predicted octanol–water partition coefficient (Wildman–Crippen LogP) is 12.2. The average molecular weight is 916 g/mol. The second-order valence-electron chi connectivity index (χ2n) is 25.6. The fraction of sp³-hybridized carbons (Fsp3) is 0.695. The number of ether oxygens (including phenoxy) is 3. The third kappa shape index (κ3) is 7.47. The van der Waals surface area contributed by atoms with Crippen LogP contribution in [0.2, 0.25) is 0 Å². The molecule has 7 saturated carbocycles. The molecule has 67 heavy (non-hydrogen) atoms. The van der Waals surface area contributed by atoms with Gasteiger partial charge in [0.05, 0.1) is 23.2 Å². The molecule has 364 valence electrons. The smallest absolute Gasteiger partial charge is 0.309 e. The molecule has 7 aliphatic carbocycles. The van der Waals surface area contributed by atoms with Crippen LogP contribution in [0, 0.1) is 85.2 Å². The summed E-state index contributed by atoms with van der Waals surface area (Å²) in [4.78, 5) is 55.8. The minimum Gasteiger partial charge on any atom is -0.462 e. The highest BCUT2D eigenvalue weighted by Gasteiger charge is 2.72. The van der Waals surface area contributed by atoms with Crippen LogP contribution in [0.15, 0.2) is 72.8 Å². The molecular formula is C59H81NO7. The van der Waals surface area contributed by atoms with Crippen LogP contribution in [0.3, 0.4) is 0 Å². The van der Waals surface area contributed by atoms with Crippen molar-refractivity contribution < 1.29 is 33.4 Å². The third-order valence-corrected chi connectivity index (χ3v) is 21.9. The highest BCUT2D eigenvalue weighted by molar-refractivity contribution is 5.85. The summed E-state index contributed by atoms with van der Waals surface area (Å²) in [5, 5.41) is 3.60. The molecule has 14 atom stereocenters. The number of carbonyl (C=O) groups excluding carboxylic acids is 4. The second kappa shape index (κ2) is 16.9. The van der Waals surface area contributed by atoms with Crippen LogP contribution in [-0.4, -0.2) is 36.0 Å². The first-order valence-electron chi connectivity index (χ1n) is 26.1. The molecule has 7 aliphatic rings. The minimum atomic E-state index is -0.533. The van der Waals surface area contributed by atoms with Crippen molar-refractivity contribution >= 4 is 23.8 Å². The summed E-state index contributed by atoms with van der Waals surface area (Å²) < 4.78 is 18.1. The standard InChI is InChI=1S/C59H81NO7/c1-36(2)39-24-29-59(52(64)60-46-33-43(54(46,5)6)50(62)66-35-38-20-16-13-17-21-38)31-30-57(10)40(48(39)59)22-23-45-56(9)27-26-47(55(7,8)44(56)25-28-58(45,57)11)67-51(63)42-32-41(53(42,3)4)49(61)65-34-37-18-14-12-15-19-37/h12-21,39-48H,1,22-35H2,2-11H3,(H,60,64)/t39-,40+,41-,42+,43?,44-,45+,46?,47-,48+,56-,57+,58+,59-/m0/s1. The van der Waals surface area contributed by atoms with Gasteiger partial charge >= 0.3 is 17.9 Å². The molecule has 0 saturated heterocycles. The number of nitrogens with one attached hydrogen (secondary N) is 1. The maximum absolute atomic E-state index is 15.1. The quantitative estimate of drug-likeness (QED) is 0.136. The first-order chi connectivity index (χ1) is 31.5. The number of carbonyl (C=O) groups is 4. The number of benzene rings is 2. The van der Waals surface area contributed by atoms with E-state index in [0.29, 0.717) is 36.5 Å². The first kappa shape index (κ1) is 48.1. The summed E-state index contributed by atoms with van der Waals surface area (Å²) in [6, 6.07) is 19.5. The largest absolute Gasteiger partial charge is 0.462 e. The van der Waals surface area contributed by atoms with Gasteiger partial charge in [0.15, 0.2) is 0 Å². The van der Waals surface area contributed by atoms with E-state index >= 15 is 4.79 Å². The summed E-state index contributed by atoms with van der Waals surface area (Å²) in [5.41, 5.74) is 1.86. The fourth-order valence-electron chi connectivity index (χ4n) is 17.2.